The van der Waals surface area contributed by atoms with Gasteiger partial charge in [-0.15, -0.1) is 0 Å². The summed E-state index contributed by atoms with van der Waals surface area (Å²) >= 11 is 5.80. The molecule has 0 bridgehead atoms. The number of hydrogen-bond donors (Lipinski definition) is 0. The minimum absolute atomic E-state index is 0.00831. The number of nitrogens with zero attached hydrogens (tertiary/aromatic N) is 1. The van der Waals surface area contributed by atoms with E-state index in [4.69, 9.17) is 21.6 Å². The zero-order chi connectivity index (χ0) is 10.6. The van der Waals surface area contributed by atoms with E-state index >= 15 is 0 Å². The molecule has 0 N–H and O–H groups in total. The summed E-state index contributed by atoms with van der Waals surface area (Å²) in [4.78, 5) is 10.6. The molecule has 0 spiro atoms. The van der Waals surface area contributed by atoms with Crippen LogP contribution in [0.15, 0.2) is 18.2 Å². The SMILES string of the molecule is CC(=O)COc1ccc(C#N)cc1Cl. The highest BCUT2D eigenvalue weighted by molar-refractivity contribution is 6.32. The predicted octanol–water partition coefficient (Wildman–Crippen LogP) is 2.18. The Bertz CT molecular complexity index is 396. The van der Waals surface area contributed by atoms with Gasteiger partial charge >= 0.3 is 0 Å². The molecule has 0 saturated carbocycles. The van der Waals surface area contributed by atoms with Gasteiger partial charge in [-0.3, -0.25) is 4.79 Å². The van der Waals surface area contributed by atoms with Crippen molar-refractivity contribution < 1.29 is 9.53 Å². The summed E-state index contributed by atoms with van der Waals surface area (Å²) in [7, 11) is 0. The predicted molar refractivity (Wildman–Crippen MR) is 52.3 cm³/mol. The monoisotopic (exact) mass is 209 g/mol. The molecule has 0 aliphatic carbocycles. The van der Waals surface area contributed by atoms with Gasteiger partial charge in [0.25, 0.3) is 0 Å². The van der Waals surface area contributed by atoms with Crippen LogP contribution in [-0.2, 0) is 4.79 Å². The van der Waals surface area contributed by atoms with Crippen LogP contribution in [0.5, 0.6) is 5.75 Å². The number of carbonyl (C=O) groups is 1. The minimum atomic E-state index is -0.0783. The summed E-state index contributed by atoms with van der Waals surface area (Å²) < 4.78 is 5.11. The molecule has 4 heteroatoms. The molecule has 0 amide bonds. The van der Waals surface area contributed by atoms with Crippen LogP contribution in [-0.4, -0.2) is 12.4 Å². The molecule has 0 atom stereocenters. The van der Waals surface area contributed by atoms with Crippen molar-refractivity contribution in [3.05, 3.63) is 28.8 Å². The maximum Gasteiger partial charge on any atom is 0.167 e. The number of hydrogen-bond acceptors (Lipinski definition) is 3. The molecular weight excluding hydrogens is 202 g/mol. The molecule has 72 valence electrons. The van der Waals surface area contributed by atoms with Crippen molar-refractivity contribution in [2.45, 2.75) is 6.92 Å². The fourth-order valence-corrected chi connectivity index (χ4v) is 1.10. The molecule has 3 nitrogen and oxygen atoms in total. The molecule has 0 radical (unpaired) electrons. The third-order valence-electron chi connectivity index (χ3n) is 1.49. The second kappa shape index (κ2) is 4.64. The highest BCUT2D eigenvalue weighted by atomic mass is 35.5. The third kappa shape index (κ3) is 2.75. The van der Waals surface area contributed by atoms with E-state index in [2.05, 4.69) is 0 Å². The first-order valence-corrected chi connectivity index (χ1v) is 4.33. The molecule has 1 aromatic carbocycles. The molecule has 0 aromatic heterocycles. The lowest BCUT2D eigenvalue weighted by atomic mass is 10.2. The third-order valence-corrected chi connectivity index (χ3v) is 1.79. The van der Waals surface area contributed by atoms with Gasteiger partial charge in [0.05, 0.1) is 16.7 Å². The molecular formula is C10H8ClNO2. The van der Waals surface area contributed by atoms with E-state index in [9.17, 15) is 4.79 Å². The first kappa shape index (κ1) is 10.6. The van der Waals surface area contributed by atoms with Crippen molar-refractivity contribution in [2.75, 3.05) is 6.61 Å². The topological polar surface area (TPSA) is 50.1 Å². The van der Waals surface area contributed by atoms with Gasteiger partial charge in [0.1, 0.15) is 12.4 Å². The Balaban J connectivity index is 2.80. The lowest BCUT2D eigenvalue weighted by Crippen LogP contribution is -2.06. The van der Waals surface area contributed by atoms with E-state index < -0.39 is 0 Å². The van der Waals surface area contributed by atoms with Crippen LogP contribution in [0.25, 0.3) is 0 Å². The fourth-order valence-electron chi connectivity index (χ4n) is 0.867. The van der Waals surface area contributed by atoms with Gasteiger partial charge in [-0.25, -0.2) is 0 Å². The van der Waals surface area contributed by atoms with Crippen LogP contribution in [0.2, 0.25) is 5.02 Å². The van der Waals surface area contributed by atoms with Gasteiger partial charge in [0.15, 0.2) is 5.78 Å². The van der Waals surface area contributed by atoms with Crippen LogP contribution in [0, 0.1) is 11.3 Å². The van der Waals surface area contributed by atoms with E-state index in [1.165, 1.54) is 13.0 Å². The first-order valence-electron chi connectivity index (χ1n) is 3.95. The average Bonchev–Trinajstić information content (AvgIpc) is 2.15. The molecule has 0 unspecified atom stereocenters. The molecule has 1 aromatic rings. The molecule has 0 fully saturated rings. The highest BCUT2D eigenvalue weighted by Crippen LogP contribution is 2.24. The van der Waals surface area contributed by atoms with Crippen LogP contribution >= 0.6 is 11.6 Å². The van der Waals surface area contributed by atoms with E-state index in [0.29, 0.717) is 16.3 Å². The summed E-state index contributed by atoms with van der Waals surface area (Å²) in [5.74, 6) is 0.339. The Labute approximate surface area is 86.9 Å². The van der Waals surface area contributed by atoms with Gasteiger partial charge in [0, 0.05) is 0 Å². The summed E-state index contributed by atoms with van der Waals surface area (Å²) in [6.07, 6.45) is 0. The van der Waals surface area contributed by atoms with E-state index in [-0.39, 0.29) is 12.4 Å². The van der Waals surface area contributed by atoms with Crippen molar-refractivity contribution in [1.29, 1.82) is 5.26 Å². The number of halogens is 1. The van der Waals surface area contributed by atoms with Gasteiger partial charge in [-0.05, 0) is 25.1 Å². The van der Waals surface area contributed by atoms with Crippen molar-refractivity contribution in [3.63, 3.8) is 0 Å². The zero-order valence-electron chi connectivity index (χ0n) is 7.58. The largest absolute Gasteiger partial charge is 0.484 e. The van der Waals surface area contributed by atoms with Crippen molar-refractivity contribution in [1.82, 2.24) is 0 Å². The summed E-state index contributed by atoms with van der Waals surface area (Å²) in [6.45, 7) is 1.42. The lowest BCUT2D eigenvalue weighted by Gasteiger charge is -2.05. The molecule has 1 rings (SSSR count). The number of ether oxygens (including phenoxy) is 1. The number of benzene rings is 1. The second-order valence-corrected chi connectivity index (χ2v) is 3.15. The minimum Gasteiger partial charge on any atom is -0.484 e. The maximum absolute atomic E-state index is 10.6. The molecule has 14 heavy (non-hydrogen) atoms. The summed E-state index contributed by atoms with van der Waals surface area (Å²) in [5.41, 5.74) is 0.463. The van der Waals surface area contributed by atoms with Crippen LogP contribution in [0.4, 0.5) is 0 Å². The molecule has 0 aliphatic heterocycles. The first-order chi connectivity index (χ1) is 6.63. The standard InChI is InChI=1S/C10H8ClNO2/c1-7(13)6-14-10-3-2-8(5-12)4-9(10)11/h2-4H,6H2,1H3. The van der Waals surface area contributed by atoms with E-state index in [1.54, 1.807) is 12.1 Å². The number of carbonyl (C=O) groups excluding carboxylic acids is 1. The van der Waals surface area contributed by atoms with E-state index in [0.717, 1.165) is 0 Å². The Kier molecular flexibility index (Phi) is 3.49. The molecule has 0 aliphatic rings. The normalized spacial score (nSPS) is 9.21. The quantitative estimate of drug-likeness (QED) is 0.767. The Morgan fingerprint density at radius 3 is 2.86 bits per heavy atom. The van der Waals surface area contributed by atoms with Crippen molar-refractivity contribution in [3.8, 4) is 11.8 Å². The van der Waals surface area contributed by atoms with Gasteiger partial charge in [-0.2, -0.15) is 5.26 Å². The maximum atomic E-state index is 10.6. The molecule has 0 heterocycles. The number of nitriles is 1. The highest BCUT2D eigenvalue weighted by Gasteiger charge is 2.03. The Morgan fingerprint density at radius 2 is 2.36 bits per heavy atom. The van der Waals surface area contributed by atoms with Crippen molar-refractivity contribution >= 4 is 17.4 Å². The summed E-state index contributed by atoms with van der Waals surface area (Å²) in [5, 5.41) is 8.91. The average molecular weight is 210 g/mol. The van der Waals surface area contributed by atoms with Gasteiger partial charge in [-0.1, -0.05) is 11.6 Å². The number of rotatable bonds is 3. The van der Waals surface area contributed by atoms with Crippen LogP contribution in [0.3, 0.4) is 0 Å². The fraction of sp³-hybridized carbons (Fsp3) is 0.200. The molecule has 0 saturated heterocycles. The lowest BCUT2D eigenvalue weighted by molar-refractivity contribution is -0.118. The Hall–Kier alpha value is -1.53. The van der Waals surface area contributed by atoms with E-state index in [1.807, 2.05) is 6.07 Å². The number of ketones is 1. The number of Topliss-reactive ketones (excluding diaryl/α,β-unsaturated/α-hetero) is 1. The van der Waals surface area contributed by atoms with Crippen molar-refractivity contribution in [2.24, 2.45) is 0 Å². The van der Waals surface area contributed by atoms with Gasteiger partial charge < -0.3 is 4.74 Å². The van der Waals surface area contributed by atoms with Crippen LogP contribution < -0.4 is 4.74 Å². The van der Waals surface area contributed by atoms with Crippen LogP contribution in [0.1, 0.15) is 12.5 Å². The van der Waals surface area contributed by atoms with Gasteiger partial charge in [0.2, 0.25) is 0 Å². The zero-order valence-corrected chi connectivity index (χ0v) is 8.34. The second-order valence-electron chi connectivity index (χ2n) is 2.75. The Morgan fingerprint density at radius 1 is 1.64 bits per heavy atom. The summed E-state index contributed by atoms with van der Waals surface area (Å²) in [6, 6.07) is 6.61. The smallest absolute Gasteiger partial charge is 0.167 e.